The molecule has 4 heterocycles. The zero-order valence-corrected chi connectivity index (χ0v) is 19.5. The van der Waals surface area contributed by atoms with E-state index in [9.17, 15) is 19.5 Å². The molecule has 2 saturated heterocycles. The summed E-state index contributed by atoms with van der Waals surface area (Å²) in [6, 6.07) is -1.52. The third-order valence-electron chi connectivity index (χ3n) is 7.51. The van der Waals surface area contributed by atoms with Crippen molar-refractivity contribution in [1.29, 1.82) is 0 Å². The van der Waals surface area contributed by atoms with E-state index in [0.717, 1.165) is 6.42 Å². The van der Waals surface area contributed by atoms with Gasteiger partial charge in [-0.1, -0.05) is 38.5 Å². The number of likely N-dealkylation sites (tertiary alicyclic amines) is 1. The lowest BCUT2D eigenvalue weighted by atomic mass is 9.78. The molecule has 0 bridgehead atoms. The van der Waals surface area contributed by atoms with Crippen LogP contribution in [-0.2, 0) is 23.9 Å². The van der Waals surface area contributed by atoms with E-state index in [1.807, 2.05) is 46.8 Å². The summed E-state index contributed by atoms with van der Waals surface area (Å²) in [6.07, 6.45) is 7.24. The van der Waals surface area contributed by atoms with Crippen LogP contribution in [0.1, 0.15) is 41.0 Å². The lowest BCUT2D eigenvalue weighted by Crippen LogP contribution is -2.61. The molecule has 176 valence electrons. The summed E-state index contributed by atoms with van der Waals surface area (Å²) >= 11 is 0. The molecule has 7 atom stereocenters. The van der Waals surface area contributed by atoms with Crippen molar-refractivity contribution < 1.29 is 29.0 Å². The molecular formula is C24H34N2O6. The fraction of sp³-hybridized carbons (Fsp3) is 0.708. The minimum absolute atomic E-state index is 0.0419. The molecule has 0 aromatic carbocycles. The van der Waals surface area contributed by atoms with Crippen LogP contribution < -0.4 is 0 Å². The summed E-state index contributed by atoms with van der Waals surface area (Å²) in [5, 5.41) is 10.3. The predicted molar refractivity (Wildman–Crippen MR) is 116 cm³/mol. The predicted octanol–water partition coefficient (Wildman–Crippen LogP) is 1.28. The highest BCUT2D eigenvalue weighted by atomic mass is 16.6. The van der Waals surface area contributed by atoms with E-state index in [2.05, 4.69) is 0 Å². The zero-order chi connectivity index (χ0) is 23.4. The Hall–Kier alpha value is -2.19. The lowest BCUT2D eigenvalue weighted by molar-refractivity contribution is -0.157. The number of hydrogen-bond acceptors (Lipinski definition) is 6. The van der Waals surface area contributed by atoms with Crippen molar-refractivity contribution in [2.45, 2.75) is 70.4 Å². The zero-order valence-electron chi connectivity index (χ0n) is 19.5. The van der Waals surface area contributed by atoms with E-state index >= 15 is 0 Å². The van der Waals surface area contributed by atoms with Crippen molar-refractivity contribution in [3.8, 4) is 0 Å². The number of esters is 1. The average Bonchev–Trinajstić information content (AvgIpc) is 3.02. The lowest BCUT2D eigenvalue weighted by Gasteiger charge is -2.43. The Kier molecular flexibility index (Phi) is 5.74. The summed E-state index contributed by atoms with van der Waals surface area (Å²) in [5.74, 6) is -2.80. The molecule has 0 radical (unpaired) electrons. The second-order valence-electron chi connectivity index (χ2n) is 10.3. The van der Waals surface area contributed by atoms with Crippen LogP contribution in [0.5, 0.6) is 0 Å². The van der Waals surface area contributed by atoms with Crippen molar-refractivity contribution in [1.82, 2.24) is 9.80 Å². The number of ether oxygens (including phenoxy) is 2. The molecule has 8 heteroatoms. The Morgan fingerprint density at radius 1 is 1.22 bits per heavy atom. The first-order valence-electron chi connectivity index (χ1n) is 11.5. The van der Waals surface area contributed by atoms with Gasteiger partial charge in [0.1, 0.15) is 24.2 Å². The van der Waals surface area contributed by atoms with Gasteiger partial charge in [0.05, 0.1) is 24.7 Å². The number of hydrogen-bond donors (Lipinski definition) is 1. The van der Waals surface area contributed by atoms with E-state index in [1.54, 1.807) is 17.1 Å². The summed E-state index contributed by atoms with van der Waals surface area (Å²) in [7, 11) is 0. The molecule has 0 saturated carbocycles. The Balaban J connectivity index is 1.89. The smallest absolute Gasteiger partial charge is 0.313 e. The fourth-order valence-corrected chi connectivity index (χ4v) is 5.68. The van der Waals surface area contributed by atoms with Crippen LogP contribution in [-0.4, -0.2) is 81.8 Å². The summed E-state index contributed by atoms with van der Waals surface area (Å²) in [4.78, 5) is 44.2. The second kappa shape index (κ2) is 7.99. The fourth-order valence-electron chi connectivity index (χ4n) is 5.68. The van der Waals surface area contributed by atoms with Gasteiger partial charge in [-0.05, 0) is 32.8 Å². The summed E-state index contributed by atoms with van der Waals surface area (Å²) in [5.41, 5.74) is -1.77. The van der Waals surface area contributed by atoms with Crippen molar-refractivity contribution in [3.63, 3.8) is 0 Å². The molecule has 0 aromatic heterocycles. The molecule has 4 aliphatic rings. The van der Waals surface area contributed by atoms with Crippen molar-refractivity contribution >= 4 is 17.8 Å². The van der Waals surface area contributed by atoms with Crippen LogP contribution in [0, 0.1) is 17.8 Å². The number of rotatable bonds is 4. The number of carbonyl (C=O) groups excluding carboxylic acids is 3. The number of aliphatic hydroxyl groups is 1. The quantitative estimate of drug-likeness (QED) is 0.516. The molecular weight excluding hydrogens is 412 g/mol. The Labute approximate surface area is 189 Å². The van der Waals surface area contributed by atoms with Crippen molar-refractivity contribution in [2.75, 3.05) is 19.8 Å². The van der Waals surface area contributed by atoms with Gasteiger partial charge in [0.2, 0.25) is 11.8 Å². The number of cyclic esters (lactones) is 1. The van der Waals surface area contributed by atoms with E-state index in [-0.39, 0.29) is 30.9 Å². The maximum absolute atomic E-state index is 14.0. The first-order valence-corrected chi connectivity index (χ1v) is 11.5. The maximum atomic E-state index is 14.0. The third-order valence-corrected chi connectivity index (χ3v) is 7.51. The molecule has 8 nitrogen and oxygen atoms in total. The third kappa shape index (κ3) is 3.22. The van der Waals surface area contributed by atoms with Crippen LogP contribution in [0.2, 0.25) is 0 Å². The van der Waals surface area contributed by atoms with Gasteiger partial charge >= 0.3 is 5.97 Å². The van der Waals surface area contributed by atoms with Gasteiger partial charge in [-0.15, -0.1) is 0 Å². The molecule has 32 heavy (non-hydrogen) atoms. The molecule has 2 fully saturated rings. The minimum atomic E-state index is -1.29. The molecule has 1 N–H and O–H groups in total. The Bertz CT molecular complexity index is 861. The second-order valence-corrected chi connectivity index (χ2v) is 10.3. The normalized spacial score (nSPS) is 36.2. The molecule has 1 spiro atoms. The van der Waals surface area contributed by atoms with Crippen molar-refractivity contribution in [3.05, 3.63) is 24.3 Å². The van der Waals surface area contributed by atoms with Gasteiger partial charge in [-0.3, -0.25) is 14.4 Å². The van der Waals surface area contributed by atoms with Crippen LogP contribution in [0.25, 0.3) is 0 Å². The van der Waals surface area contributed by atoms with E-state index in [1.165, 1.54) is 4.90 Å². The van der Waals surface area contributed by atoms with E-state index < -0.39 is 47.1 Å². The molecule has 4 rings (SSSR count). The molecule has 2 amide bonds. The average molecular weight is 447 g/mol. The van der Waals surface area contributed by atoms with Gasteiger partial charge < -0.3 is 24.4 Å². The minimum Gasteiger partial charge on any atom is -0.461 e. The maximum Gasteiger partial charge on any atom is 0.313 e. The van der Waals surface area contributed by atoms with Crippen molar-refractivity contribution in [2.24, 2.45) is 17.8 Å². The standard InChI is InChI=1S/C24H34N2O6/c1-6-14(2)15(13-27)26-19-21(29)25(23(3,4)5)11-8-10-24(19)18(20(26)28)17-16(32-24)9-7-12-31-22(17)30/h7-10,14-19,27H,6,11-13H2,1-5H3/t14-,15-,16-,17+,18-,19?,24-/m0/s1. The van der Waals surface area contributed by atoms with Gasteiger partial charge in [0, 0.05) is 12.1 Å². The molecule has 4 aliphatic heterocycles. The van der Waals surface area contributed by atoms with Gasteiger partial charge in [-0.2, -0.15) is 0 Å². The highest BCUT2D eigenvalue weighted by Crippen LogP contribution is 2.54. The molecule has 0 aromatic rings. The van der Waals surface area contributed by atoms with Crippen LogP contribution in [0.3, 0.4) is 0 Å². The number of fused-ring (bicyclic) bond motifs is 2. The first kappa shape index (κ1) is 23.0. The largest absolute Gasteiger partial charge is 0.461 e. The summed E-state index contributed by atoms with van der Waals surface area (Å²) in [6.45, 7) is 10.0. The van der Waals surface area contributed by atoms with Gasteiger partial charge in [0.25, 0.3) is 0 Å². The monoisotopic (exact) mass is 446 g/mol. The van der Waals surface area contributed by atoms with Crippen LogP contribution in [0.15, 0.2) is 24.3 Å². The number of amides is 2. The SMILES string of the molecule is CC[C@H](C)[C@H](CO)N1C(=O)[C@@H]2[C@@H]3C(=O)OCC=C[C@@H]3O[C@@]23C=CCN(C(C)(C)C)C(=O)C13. The Morgan fingerprint density at radius 2 is 1.94 bits per heavy atom. The van der Waals surface area contributed by atoms with Crippen LogP contribution in [0.4, 0.5) is 0 Å². The number of aliphatic hydroxyl groups excluding tert-OH is 1. The first-order chi connectivity index (χ1) is 15.1. The number of carbonyl (C=O) groups is 3. The molecule has 1 unspecified atom stereocenters. The van der Waals surface area contributed by atoms with Gasteiger partial charge in [-0.25, -0.2) is 0 Å². The topological polar surface area (TPSA) is 96.4 Å². The number of nitrogens with zero attached hydrogens (tertiary/aromatic N) is 2. The summed E-state index contributed by atoms with van der Waals surface area (Å²) < 4.78 is 11.8. The van der Waals surface area contributed by atoms with E-state index in [0.29, 0.717) is 6.54 Å². The highest BCUT2D eigenvalue weighted by molar-refractivity contribution is 5.99. The van der Waals surface area contributed by atoms with E-state index in [4.69, 9.17) is 9.47 Å². The highest BCUT2D eigenvalue weighted by Gasteiger charge is 2.73. The Morgan fingerprint density at radius 3 is 2.56 bits per heavy atom. The molecule has 0 aliphatic carbocycles. The van der Waals surface area contributed by atoms with Crippen LogP contribution >= 0.6 is 0 Å². The van der Waals surface area contributed by atoms with Gasteiger partial charge in [0.15, 0.2) is 0 Å².